The normalized spacial score (nSPS) is 18.9. The van der Waals surface area contributed by atoms with Crippen molar-refractivity contribution < 1.29 is 24.2 Å². The van der Waals surface area contributed by atoms with Gasteiger partial charge in [-0.3, -0.25) is 9.59 Å². The Hall–Kier alpha value is -7.98. The number of fused-ring (bicyclic) bond motifs is 2. The number of ether oxygens (including phenoxy) is 2. The lowest BCUT2D eigenvalue weighted by Crippen LogP contribution is -2.49. The number of hydrogen-bond donors (Lipinski definition) is 8. The third kappa shape index (κ3) is 16.5. The average molecular weight is 1040 g/mol. The standard InChI is InChI=1S/C25H32N8O2.C24H30N8O2.C3H4.C2H2.CH4O/c1-33-14-18(15-33)23(34)31-20-12-28-25(29-13-20)27-11-16-3-6-19(7-4-16)30-21-8-5-17-9-10-26-24(35-2)22(17)32-21;1-34-23-21-16(8-9-26-23)4-7-20(32-21)30-18-5-2-15(3-6-18)10-27-24-28-13-19(14-29-24)31-22(33)17-11-25-12-17;1-3-2;2*1-2/h5,8-10,12-13,16,18-19H,3-4,6-7,11,14-15H2,1-2H3,(H,30,32)(H,31,34)(H,27,28,29);4,7-9,13-15,17-18,25H,2-3,5-6,10-12H2,1H3,(H,30,32)(H,31,33)(H,27,28,29);1H,2H3;1-2H;2H,1H3. The number of likely N-dealkylation sites (tertiary alicyclic amines) is 1. The van der Waals surface area contributed by atoms with Crippen LogP contribution in [0.25, 0.3) is 21.8 Å². The molecule has 4 aliphatic rings. The molecule has 8 N–H and O–H groups in total. The number of pyridine rings is 4. The zero-order valence-electron chi connectivity index (χ0n) is 44.1. The highest BCUT2D eigenvalue weighted by Crippen LogP contribution is 2.30. The number of nitrogens with one attached hydrogen (secondary N) is 7. The van der Waals surface area contributed by atoms with Gasteiger partial charge in [0.2, 0.25) is 35.5 Å². The maximum Gasteiger partial charge on any atom is 0.240 e. The van der Waals surface area contributed by atoms with Crippen LogP contribution in [0.1, 0.15) is 58.3 Å². The van der Waals surface area contributed by atoms with Crippen LogP contribution in [-0.4, -0.2) is 141 Å². The Balaban J connectivity index is 0.000000221. The summed E-state index contributed by atoms with van der Waals surface area (Å²) in [5.74, 6) is 7.52. The summed E-state index contributed by atoms with van der Waals surface area (Å²) in [5, 5.41) is 31.7. The van der Waals surface area contributed by atoms with Crippen LogP contribution in [0.5, 0.6) is 11.8 Å². The Morgan fingerprint density at radius 3 is 1.39 bits per heavy atom. The van der Waals surface area contributed by atoms with Crippen LogP contribution in [0.4, 0.5) is 34.9 Å². The van der Waals surface area contributed by atoms with Crippen LogP contribution in [0.15, 0.2) is 73.6 Å². The molecule has 2 amide bonds. The molecule has 2 saturated heterocycles. The van der Waals surface area contributed by atoms with Gasteiger partial charge in [-0.2, -0.15) is 0 Å². The molecule has 0 unspecified atom stereocenters. The van der Waals surface area contributed by atoms with E-state index in [1.165, 1.54) is 0 Å². The van der Waals surface area contributed by atoms with Crippen LogP contribution in [-0.2, 0) is 9.59 Å². The van der Waals surface area contributed by atoms with E-state index >= 15 is 0 Å². The molecule has 76 heavy (non-hydrogen) atoms. The number of aromatic nitrogens is 8. The molecule has 4 fully saturated rings. The Morgan fingerprint density at radius 1 is 0.645 bits per heavy atom. The molecule has 2 aliphatic carbocycles. The summed E-state index contributed by atoms with van der Waals surface area (Å²) in [6, 6.07) is 12.8. The number of carbonyl (C=O) groups excluding carboxylic acids is 2. The highest BCUT2D eigenvalue weighted by Gasteiger charge is 2.30. The van der Waals surface area contributed by atoms with E-state index in [-0.39, 0.29) is 23.7 Å². The molecule has 21 nitrogen and oxygen atoms in total. The number of amides is 2. The molecule has 0 spiro atoms. The molecule has 2 aliphatic heterocycles. The molecule has 402 valence electrons. The summed E-state index contributed by atoms with van der Waals surface area (Å²) in [5.41, 5.74) is 2.82. The van der Waals surface area contributed by atoms with Gasteiger partial charge in [-0.1, -0.05) is 0 Å². The molecule has 6 aromatic heterocycles. The molecule has 0 atom stereocenters. The maximum absolute atomic E-state index is 12.2. The molecular formula is C55H72N16O5. The fourth-order valence-electron chi connectivity index (χ4n) is 9.21. The van der Waals surface area contributed by atoms with Gasteiger partial charge in [0.25, 0.3) is 0 Å². The van der Waals surface area contributed by atoms with Gasteiger partial charge < -0.3 is 56.7 Å². The third-order valence-corrected chi connectivity index (χ3v) is 13.5. The SMILES string of the molecule is C#C.C#CC.CO.COc1nccc2ccc(NC3CCC(CNc4ncc(NC(=O)C5CN(C)C5)cn4)CC3)nc12.COc1nccc2ccc(NC3CCC(CNc4ncc(NC(=O)C5CNC5)cn4)CC3)nc12. The van der Waals surface area contributed by atoms with Crippen molar-refractivity contribution in [2.75, 3.05) is 99.5 Å². The van der Waals surface area contributed by atoms with Crippen molar-refractivity contribution in [1.82, 2.24) is 50.1 Å². The summed E-state index contributed by atoms with van der Waals surface area (Å²) in [6.07, 6.45) is 31.5. The lowest BCUT2D eigenvalue weighted by Gasteiger charge is -2.34. The molecular weight excluding hydrogens is 965 g/mol. The van der Waals surface area contributed by atoms with Gasteiger partial charge in [-0.15, -0.1) is 25.2 Å². The number of rotatable bonds is 16. The highest BCUT2D eigenvalue weighted by molar-refractivity contribution is 5.94. The molecule has 21 heteroatoms. The Bertz CT molecular complexity index is 2810. The van der Waals surface area contributed by atoms with E-state index in [2.05, 4.69) is 97.2 Å². The summed E-state index contributed by atoms with van der Waals surface area (Å²) < 4.78 is 10.7. The number of anilines is 6. The van der Waals surface area contributed by atoms with E-state index < -0.39 is 0 Å². The first-order valence-corrected chi connectivity index (χ1v) is 25.6. The molecule has 0 radical (unpaired) electrons. The summed E-state index contributed by atoms with van der Waals surface area (Å²) in [4.78, 5) is 61.6. The second kappa shape index (κ2) is 29.8. The van der Waals surface area contributed by atoms with Gasteiger partial charge >= 0.3 is 0 Å². The van der Waals surface area contributed by atoms with Crippen molar-refractivity contribution in [2.45, 2.75) is 70.4 Å². The van der Waals surface area contributed by atoms with Gasteiger partial charge in [-0.05, 0) is 114 Å². The number of nitrogens with zero attached hydrogens (tertiary/aromatic N) is 9. The van der Waals surface area contributed by atoms with Crippen molar-refractivity contribution in [3.05, 3.63) is 73.6 Å². The second-order valence-electron chi connectivity index (χ2n) is 18.8. The Kier molecular flexibility index (Phi) is 22.5. The van der Waals surface area contributed by atoms with Crippen molar-refractivity contribution in [2.24, 2.45) is 23.7 Å². The van der Waals surface area contributed by atoms with E-state index in [1.54, 1.807) is 58.3 Å². The predicted octanol–water partition coefficient (Wildman–Crippen LogP) is 6.18. The summed E-state index contributed by atoms with van der Waals surface area (Å²) in [7, 11) is 6.24. The second-order valence-corrected chi connectivity index (χ2v) is 18.8. The monoisotopic (exact) mass is 1040 g/mol. The lowest BCUT2D eigenvalue weighted by molar-refractivity contribution is -0.124. The first kappa shape index (κ1) is 57.3. The number of aliphatic hydroxyl groups excluding tert-OH is 1. The number of terminal acetylenes is 2. The zero-order valence-corrected chi connectivity index (χ0v) is 44.1. The van der Waals surface area contributed by atoms with Gasteiger partial charge in [0.05, 0.1) is 62.2 Å². The van der Waals surface area contributed by atoms with Crippen LogP contribution >= 0.6 is 0 Å². The number of carbonyl (C=O) groups is 2. The molecule has 10 rings (SSSR count). The minimum absolute atomic E-state index is 0.0168. The van der Waals surface area contributed by atoms with Crippen LogP contribution in [0, 0.1) is 48.9 Å². The van der Waals surface area contributed by atoms with Crippen molar-refractivity contribution in [3.8, 4) is 37.0 Å². The van der Waals surface area contributed by atoms with Crippen LogP contribution in [0.2, 0.25) is 0 Å². The first-order valence-electron chi connectivity index (χ1n) is 25.6. The summed E-state index contributed by atoms with van der Waals surface area (Å²) >= 11 is 0. The van der Waals surface area contributed by atoms with Crippen molar-refractivity contribution in [1.29, 1.82) is 0 Å². The van der Waals surface area contributed by atoms with Gasteiger partial charge in [0.15, 0.2) is 0 Å². The minimum atomic E-state index is 0.0168. The van der Waals surface area contributed by atoms with E-state index in [4.69, 9.17) is 24.5 Å². The minimum Gasteiger partial charge on any atom is -0.479 e. The fraction of sp³-hybridized carbons (Fsp3) is 0.455. The average Bonchev–Trinajstić information content (AvgIpc) is 3.43. The largest absolute Gasteiger partial charge is 0.479 e. The molecule has 0 aromatic carbocycles. The van der Waals surface area contributed by atoms with Gasteiger partial charge in [0, 0.05) is 81.6 Å². The molecule has 8 heterocycles. The zero-order chi connectivity index (χ0) is 54.2. The summed E-state index contributed by atoms with van der Waals surface area (Å²) in [6.45, 7) is 6.39. The Labute approximate surface area is 445 Å². The quantitative estimate of drug-likeness (QED) is 0.0503. The van der Waals surface area contributed by atoms with Gasteiger partial charge in [-0.25, -0.2) is 39.9 Å². The number of hydrogen-bond acceptors (Lipinski definition) is 19. The topological polar surface area (TPSA) is 263 Å². The van der Waals surface area contributed by atoms with E-state index in [0.29, 0.717) is 59.0 Å². The molecule has 2 saturated carbocycles. The maximum atomic E-state index is 12.2. The van der Waals surface area contributed by atoms with Crippen molar-refractivity contribution >= 4 is 68.5 Å². The van der Waals surface area contributed by atoms with Gasteiger partial charge in [0.1, 0.15) is 22.7 Å². The first-order chi connectivity index (χ1) is 37.2. The van der Waals surface area contributed by atoms with E-state index in [0.717, 1.165) is 131 Å². The predicted molar refractivity (Wildman–Crippen MR) is 299 cm³/mol. The number of aliphatic hydroxyl groups is 1. The lowest BCUT2D eigenvalue weighted by atomic mass is 9.86. The number of methoxy groups -OCH3 is 2. The highest BCUT2D eigenvalue weighted by atomic mass is 16.5. The third-order valence-electron chi connectivity index (χ3n) is 13.5. The smallest absolute Gasteiger partial charge is 0.240 e. The molecule has 6 aromatic rings. The van der Waals surface area contributed by atoms with Crippen LogP contribution in [0.3, 0.4) is 0 Å². The van der Waals surface area contributed by atoms with Crippen molar-refractivity contribution in [3.63, 3.8) is 0 Å². The van der Waals surface area contributed by atoms with E-state index in [1.807, 2.05) is 43.4 Å². The Morgan fingerprint density at radius 2 is 1.04 bits per heavy atom. The van der Waals surface area contributed by atoms with E-state index in [9.17, 15) is 9.59 Å². The fourth-order valence-corrected chi connectivity index (χ4v) is 9.21. The molecule has 0 bridgehead atoms. The van der Waals surface area contributed by atoms with Crippen LogP contribution < -0.4 is 46.7 Å².